The maximum Gasteiger partial charge on any atom is 0.526 e. The fraction of sp³-hybridized carbons (Fsp3) is 0.562. The molecule has 0 bridgehead atoms. The van der Waals surface area contributed by atoms with Gasteiger partial charge in [-0.25, -0.2) is 4.79 Å². The van der Waals surface area contributed by atoms with Gasteiger partial charge >= 0.3 is 13.1 Å². The quantitative estimate of drug-likeness (QED) is 0.579. The molecule has 0 spiro atoms. The maximum atomic E-state index is 11.8. The summed E-state index contributed by atoms with van der Waals surface area (Å²) in [5.41, 5.74) is 1.16. The molecule has 2 heterocycles. The van der Waals surface area contributed by atoms with Gasteiger partial charge in [0.1, 0.15) is 11.3 Å². The minimum absolute atomic E-state index is 0.131. The third-order valence-corrected chi connectivity index (χ3v) is 6.63. The Balaban J connectivity index is 1.67. The lowest BCUT2D eigenvalue weighted by Gasteiger charge is -2.24. The summed E-state index contributed by atoms with van der Waals surface area (Å²) in [7, 11) is -0.873. The van der Waals surface area contributed by atoms with E-state index in [4.69, 9.17) is 4.65 Å². The molecular weight excluding hydrogens is 313 g/mol. The molecule has 5 nitrogen and oxygen atoms in total. The second-order valence-electron chi connectivity index (χ2n) is 6.75. The van der Waals surface area contributed by atoms with E-state index in [1.165, 1.54) is 0 Å². The first-order valence-corrected chi connectivity index (χ1v) is 9.06. The molecular formula is C16H20BNO4S. The van der Waals surface area contributed by atoms with E-state index in [2.05, 4.69) is 12.2 Å². The molecule has 1 aromatic carbocycles. The highest BCUT2D eigenvalue weighted by Crippen LogP contribution is 2.60. The van der Waals surface area contributed by atoms with Crippen LogP contribution in [-0.4, -0.2) is 41.6 Å². The molecule has 0 amide bonds. The van der Waals surface area contributed by atoms with E-state index in [1.807, 2.05) is 12.1 Å². The summed E-state index contributed by atoms with van der Waals surface area (Å²) in [6.07, 6.45) is 2.00. The van der Waals surface area contributed by atoms with E-state index in [-0.39, 0.29) is 17.3 Å². The average Bonchev–Trinajstić information content (AvgIpc) is 3.13. The van der Waals surface area contributed by atoms with Crippen LogP contribution in [0, 0.1) is 5.92 Å². The van der Waals surface area contributed by atoms with Crippen LogP contribution in [0.25, 0.3) is 0 Å². The third kappa shape index (κ3) is 2.64. The Kier molecular flexibility index (Phi) is 3.82. The summed E-state index contributed by atoms with van der Waals surface area (Å²) in [6.45, 7) is 4.17. The van der Waals surface area contributed by atoms with Crippen LogP contribution in [0.2, 0.25) is 5.82 Å². The van der Waals surface area contributed by atoms with Gasteiger partial charge in [0.05, 0.1) is 0 Å². The van der Waals surface area contributed by atoms with E-state index in [1.54, 1.807) is 11.8 Å². The van der Waals surface area contributed by atoms with E-state index >= 15 is 0 Å². The lowest BCUT2D eigenvalue weighted by atomic mass is 9.77. The average molecular weight is 333 g/mol. The monoisotopic (exact) mass is 333 g/mol. The molecule has 23 heavy (non-hydrogen) atoms. The van der Waals surface area contributed by atoms with Gasteiger partial charge < -0.3 is 20.1 Å². The summed E-state index contributed by atoms with van der Waals surface area (Å²) in [5, 5.41) is 23.4. The van der Waals surface area contributed by atoms with Crippen LogP contribution in [0.5, 0.6) is 5.75 Å². The molecule has 4 unspecified atom stereocenters. The number of benzene rings is 1. The van der Waals surface area contributed by atoms with Crippen LogP contribution in [0.3, 0.4) is 0 Å². The van der Waals surface area contributed by atoms with E-state index in [0.717, 1.165) is 36.4 Å². The molecule has 122 valence electrons. The number of thioether (sulfide) groups is 1. The topological polar surface area (TPSA) is 78.8 Å². The molecule has 7 heteroatoms. The molecule has 3 aliphatic rings. The van der Waals surface area contributed by atoms with Gasteiger partial charge in [-0.15, -0.1) is 11.8 Å². The fourth-order valence-corrected chi connectivity index (χ4v) is 5.04. The summed E-state index contributed by atoms with van der Waals surface area (Å²) in [5.74, 6) is 0.336. The number of carboxylic acid groups (broad SMARTS) is 1. The molecule has 1 saturated carbocycles. The molecule has 1 aliphatic carbocycles. The predicted octanol–water partition coefficient (Wildman–Crippen LogP) is 2.21. The van der Waals surface area contributed by atoms with Crippen molar-refractivity contribution in [3.63, 3.8) is 0 Å². The lowest BCUT2D eigenvalue weighted by Crippen LogP contribution is -2.27. The Hall–Kier alpha value is -1.18. The zero-order chi connectivity index (χ0) is 16.1. The number of carboxylic acids is 1. The molecule has 4 atom stereocenters. The predicted molar refractivity (Wildman–Crippen MR) is 89.4 cm³/mol. The SMILES string of the molecule is CC(Sc1ccc2c(c1C(=O)O)OB(O)C1CC21)C1CCNC1. The maximum absolute atomic E-state index is 11.8. The molecule has 1 aromatic rings. The summed E-state index contributed by atoms with van der Waals surface area (Å²) in [4.78, 5) is 12.6. The van der Waals surface area contributed by atoms with Crippen molar-refractivity contribution in [2.24, 2.45) is 5.92 Å². The van der Waals surface area contributed by atoms with Crippen molar-refractivity contribution in [3.05, 3.63) is 23.3 Å². The van der Waals surface area contributed by atoms with Gasteiger partial charge in [-0.3, -0.25) is 0 Å². The molecule has 2 aliphatic heterocycles. The number of rotatable bonds is 4. The number of fused-ring (bicyclic) bond motifs is 3. The standard InChI is InChI=1S/C16H20BNO4S/c1-8(9-4-5-18-7-9)23-13-3-2-10-11-6-12(11)17(21)22-15(10)14(13)16(19)20/h2-3,8-9,11-12,18,21H,4-7H2,1H3,(H,19,20). The van der Waals surface area contributed by atoms with Crippen molar-refractivity contribution in [1.82, 2.24) is 5.32 Å². The first-order valence-electron chi connectivity index (χ1n) is 8.18. The van der Waals surface area contributed by atoms with E-state index in [9.17, 15) is 14.9 Å². The van der Waals surface area contributed by atoms with Crippen LogP contribution >= 0.6 is 11.8 Å². The molecule has 0 radical (unpaired) electrons. The van der Waals surface area contributed by atoms with Crippen molar-refractivity contribution in [2.75, 3.05) is 13.1 Å². The van der Waals surface area contributed by atoms with Crippen molar-refractivity contribution in [3.8, 4) is 5.75 Å². The van der Waals surface area contributed by atoms with Gasteiger partial charge in [-0.1, -0.05) is 13.0 Å². The van der Waals surface area contributed by atoms with Crippen LogP contribution < -0.4 is 9.97 Å². The fourth-order valence-electron chi connectivity index (χ4n) is 3.77. The van der Waals surface area contributed by atoms with Crippen LogP contribution in [0.1, 0.15) is 41.6 Å². The second-order valence-corrected chi connectivity index (χ2v) is 8.17. The lowest BCUT2D eigenvalue weighted by molar-refractivity contribution is 0.0690. The van der Waals surface area contributed by atoms with Crippen molar-refractivity contribution >= 4 is 24.8 Å². The van der Waals surface area contributed by atoms with Gasteiger partial charge in [0.2, 0.25) is 0 Å². The first kappa shape index (κ1) is 15.4. The zero-order valence-corrected chi connectivity index (χ0v) is 13.8. The van der Waals surface area contributed by atoms with Gasteiger partial charge in [-0.05, 0) is 49.4 Å². The number of hydrogen-bond donors (Lipinski definition) is 3. The Bertz CT molecular complexity index is 649. The second kappa shape index (κ2) is 5.72. The minimum atomic E-state index is -0.979. The largest absolute Gasteiger partial charge is 0.535 e. The highest BCUT2D eigenvalue weighted by atomic mass is 32.2. The summed E-state index contributed by atoms with van der Waals surface area (Å²) in [6, 6.07) is 3.91. The van der Waals surface area contributed by atoms with Gasteiger partial charge in [0.15, 0.2) is 0 Å². The number of nitrogens with one attached hydrogen (secondary N) is 1. The molecule has 0 aromatic heterocycles. The third-order valence-electron chi connectivity index (χ3n) is 5.28. The Morgan fingerprint density at radius 2 is 2.35 bits per heavy atom. The van der Waals surface area contributed by atoms with Crippen molar-refractivity contribution in [2.45, 2.75) is 41.6 Å². The Labute approximate surface area is 139 Å². The van der Waals surface area contributed by atoms with Gasteiger partial charge in [0, 0.05) is 16.0 Å². The normalized spacial score (nSPS) is 29.5. The highest BCUT2D eigenvalue weighted by Gasteiger charge is 2.54. The van der Waals surface area contributed by atoms with E-state index < -0.39 is 13.1 Å². The summed E-state index contributed by atoms with van der Waals surface area (Å²) >= 11 is 1.60. The first-order chi connectivity index (χ1) is 11.1. The number of carbonyl (C=O) groups is 1. The molecule has 3 N–H and O–H groups in total. The van der Waals surface area contributed by atoms with Crippen LogP contribution in [0.15, 0.2) is 17.0 Å². The Morgan fingerprint density at radius 1 is 1.52 bits per heavy atom. The molecule has 1 saturated heterocycles. The summed E-state index contributed by atoms with van der Waals surface area (Å²) < 4.78 is 5.57. The van der Waals surface area contributed by atoms with Crippen molar-refractivity contribution in [1.29, 1.82) is 0 Å². The van der Waals surface area contributed by atoms with Crippen LogP contribution in [-0.2, 0) is 0 Å². The zero-order valence-electron chi connectivity index (χ0n) is 13.0. The number of aromatic carboxylic acids is 1. The molecule has 4 rings (SSSR count). The van der Waals surface area contributed by atoms with Crippen molar-refractivity contribution < 1.29 is 19.6 Å². The smallest absolute Gasteiger partial charge is 0.526 e. The van der Waals surface area contributed by atoms with Gasteiger partial charge in [0.25, 0.3) is 0 Å². The van der Waals surface area contributed by atoms with Gasteiger partial charge in [-0.2, -0.15) is 0 Å². The molecule has 2 fully saturated rings. The highest BCUT2D eigenvalue weighted by molar-refractivity contribution is 8.00. The number of hydrogen-bond acceptors (Lipinski definition) is 5. The Morgan fingerprint density at radius 3 is 3.04 bits per heavy atom. The van der Waals surface area contributed by atoms with E-state index in [0.29, 0.717) is 16.9 Å². The van der Waals surface area contributed by atoms with Crippen LogP contribution in [0.4, 0.5) is 0 Å². The minimum Gasteiger partial charge on any atom is -0.535 e.